The highest BCUT2D eigenvalue weighted by molar-refractivity contribution is 5.78. The van der Waals surface area contributed by atoms with Gasteiger partial charge in [0.25, 0.3) is 0 Å². The summed E-state index contributed by atoms with van der Waals surface area (Å²) >= 11 is 0. The summed E-state index contributed by atoms with van der Waals surface area (Å²) in [7, 11) is 0. The predicted octanol–water partition coefficient (Wildman–Crippen LogP) is 0.983. The Labute approximate surface area is 139 Å². The van der Waals surface area contributed by atoms with Crippen molar-refractivity contribution >= 4 is 11.9 Å². The molecule has 2 fully saturated rings. The molecule has 4 rings (SSSR count). The maximum Gasteiger partial charge on any atom is 0.226 e. The second kappa shape index (κ2) is 6.18. The maximum atomic E-state index is 12.1. The first kappa shape index (κ1) is 15.0. The van der Waals surface area contributed by atoms with Gasteiger partial charge in [-0.1, -0.05) is 10.3 Å². The monoisotopic (exact) mass is 328 g/mol. The van der Waals surface area contributed by atoms with Crippen LogP contribution in [0.5, 0.6) is 0 Å². The number of aromatic nitrogens is 4. The van der Waals surface area contributed by atoms with Crippen molar-refractivity contribution in [3.63, 3.8) is 0 Å². The smallest absolute Gasteiger partial charge is 0.226 e. The fourth-order valence-electron chi connectivity index (χ4n) is 3.02. The molecule has 1 atom stereocenters. The van der Waals surface area contributed by atoms with E-state index in [1.165, 1.54) is 12.8 Å². The van der Waals surface area contributed by atoms with Crippen molar-refractivity contribution in [1.29, 1.82) is 0 Å². The number of carbonyl (C=O) groups is 1. The molecular formula is C16H20N6O2. The molecule has 1 unspecified atom stereocenters. The largest absolute Gasteiger partial charge is 0.351 e. The average Bonchev–Trinajstić information content (AvgIpc) is 3.22. The number of carbonyl (C=O) groups excluding carboxylic acids is 1. The lowest BCUT2D eigenvalue weighted by Gasteiger charge is -2.17. The van der Waals surface area contributed by atoms with Crippen LogP contribution in [0.1, 0.15) is 42.3 Å². The number of amides is 1. The summed E-state index contributed by atoms with van der Waals surface area (Å²) in [5, 5.41) is 10.5. The molecular weight excluding hydrogens is 308 g/mol. The second-order valence-corrected chi connectivity index (χ2v) is 6.53. The van der Waals surface area contributed by atoms with Gasteiger partial charge in [-0.25, -0.2) is 14.6 Å². The molecule has 1 saturated carbocycles. The van der Waals surface area contributed by atoms with E-state index in [9.17, 15) is 4.79 Å². The summed E-state index contributed by atoms with van der Waals surface area (Å²) in [5.41, 5.74) is 2.38. The lowest BCUT2D eigenvalue weighted by atomic mass is 10.2. The van der Waals surface area contributed by atoms with Crippen molar-refractivity contribution in [3.05, 3.63) is 29.3 Å². The Hall–Kier alpha value is -2.51. The van der Waals surface area contributed by atoms with E-state index in [2.05, 4.69) is 35.1 Å². The van der Waals surface area contributed by atoms with Gasteiger partial charge in [-0.05, 0) is 32.3 Å². The highest BCUT2D eigenvalue weighted by Crippen LogP contribution is 2.39. The van der Waals surface area contributed by atoms with Crippen LogP contribution >= 0.6 is 0 Å². The normalized spacial score (nSPS) is 20.4. The van der Waals surface area contributed by atoms with E-state index >= 15 is 0 Å². The number of nitrogens with zero attached hydrogens (tertiary/aromatic N) is 5. The van der Waals surface area contributed by atoms with Crippen LogP contribution in [0.25, 0.3) is 0 Å². The van der Waals surface area contributed by atoms with Gasteiger partial charge in [-0.2, -0.15) is 0 Å². The standard InChI is InChI=1S/C16H20N6O2/c1-10-14(21-24-20-10)8-15(23)18-12-5-7-22(9-12)16-17-6-4-13(19-16)11-2-3-11/h4,6,11-12H,2-3,5,7-9H2,1H3,(H,18,23). The molecule has 8 nitrogen and oxygen atoms in total. The van der Waals surface area contributed by atoms with E-state index in [-0.39, 0.29) is 18.4 Å². The van der Waals surface area contributed by atoms with Gasteiger partial charge in [0, 0.05) is 36.9 Å². The maximum absolute atomic E-state index is 12.1. The molecule has 1 N–H and O–H groups in total. The average molecular weight is 328 g/mol. The topological polar surface area (TPSA) is 97.0 Å². The van der Waals surface area contributed by atoms with Gasteiger partial charge in [0.15, 0.2) is 0 Å². The molecule has 0 spiro atoms. The third-order valence-corrected chi connectivity index (χ3v) is 4.57. The fraction of sp³-hybridized carbons (Fsp3) is 0.562. The summed E-state index contributed by atoms with van der Waals surface area (Å²) < 4.78 is 4.62. The van der Waals surface area contributed by atoms with Crippen molar-refractivity contribution in [2.75, 3.05) is 18.0 Å². The van der Waals surface area contributed by atoms with Crippen molar-refractivity contribution in [2.24, 2.45) is 0 Å². The minimum atomic E-state index is -0.0618. The van der Waals surface area contributed by atoms with Crippen LogP contribution in [-0.4, -0.2) is 45.3 Å². The van der Waals surface area contributed by atoms with E-state index in [4.69, 9.17) is 0 Å². The Morgan fingerprint density at radius 2 is 2.25 bits per heavy atom. The van der Waals surface area contributed by atoms with Gasteiger partial charge >= 0.3 is 0 Å². The Morgan fingerprint density at radius 3 is 3.00 bits per heavy atom. The highest BCUT2D eigenvalue weighted by atomic mass is 16.6. The van der Waals surface area contributed by atoms with E-state index in [0.717, 1.165) is 31.2 Å². The zero-order valence-corrected chi connectivity index (χ0v) is 13.6. The molecule has 0 bridgehead atoms. The Bertz CT molecular complexity index is 742. The van der Waals surface area contributed by atoms with Crippen LogP contribution in [0, 0.1) is 6.92 Å². The van der Waals surface area contributed by atoms with Crippen LogP contribution in [0.2, 0.25) is 0 Å². The Morgan fingerprint density at radius 1 is 1.38 bits per heavy atom. The summed E-state index contributed by atoms with van der Waals surface area (Å²) in [6.45, 7) is 3.36. The van der Waals surface area contributed by atoms with E-state index < -0.39 is 0 Å². The van der Waals surface area contributed by atoms with E-state index in [0.29, 0.717) is 17.3 Å². The number of aryl methyl sites for hydroxylation is 1. The van der Waals surface area contributed by atoms with Crippen molar-refractivity contribution in [1.82, 2.24) is 25.6 Å². The predicted molar refractivity (Wildman–Crippen MR) is 85.5 cm³/mol. The van der Waals surface area contributed by atoms with Crippen molar-refractivity contribution < 1.29 is 9.42 Å². The van der Waals surface area contributed by atoms with Crippen LogP contribution in [0.15, 0.2) is 16.9 Å². The van der Waals surface area contributed by atoms with Gasteiger partial charge in [-0.3, -0.25) is 4.79 Å². The van der Waals surface area contributed by atoms with Crippen LogP contribution < -0.4 is 10.2 Å². The zero-order valence-electron chi connectivity index (χ0n) is 13.6. The quantitative estimate of drug-likeness (QED) is 0.874. The van der Waals surface area contributed by atoms with Gasteiger partial charge in [0.1, 0.15) is 11.4 Å². The molecule has 0 radical (unpaired) electrons. The summed E-state index contributed by atoms with van der Waals surface area (Å²) in [6.07, 6.45) is 5.37. The van der Waals surface area contributed by atoms with Crippen LogP contribution in [0.3, 0.4) is 0 Å². The number of nitrogens with one attached hydrogen (secondary N) is 1. The number of anilines is 1. The zero-order chi connectivity index (χ0) is 16.5. The first-order valence-corrected chi connectivity index (χ1v) is 8.34. The van der Waals surface area contributed by atoms with Crippen LogP contribution in [0.4, 0.5) is 5.95 Å². The minimum absolute atomic E-state index is 0.0618. The molecule has 2 aliphatic rings. The fourth-order valence-corrected chi connectivity index (χ4v) is 3.02. The van der Waals surface area contributed by atoms with E-state index in [1.54, 1.807) is 6.92 Å². The molecule has 8 heteroatoms. The third kappa shape index (κ3) is 3.22. The number of hydrogen-bond donors (Lipinski definition) is 1. The Balaban J connectivity index is 1.33. The van der Waals surface area contributed by atoms with Gasteiger partial charge < -0.3 is 10.2 Å². The molecule has 24 heavy (non-hydrogen) atoms. The Kier molecular flexibility index (Phi) is 3.87. The van der Waals surface area contributed by atoms with E-state index in [1.807, 2.05) is 12.3 Å². The third-order valence-electron chi connectivity index (χ3n) is 4.57. The number of rotatable bonds is 5. The molecule has 1 saturated heterocycles. The molecule has 2 aromatic rings. The van der Waals surface area contributed by atoms with Gasteiger partial charge in [0.2, 0.25) is 11.9 Å². The van der Waals surface area contributed by atoms with Crippen LogP contribution in [-0.2, 0) is 11.2 Å². The van der Waals surface area contributed by atoms with Crippen molar-refractivity contribution in [3.8, 4) is 0 Å². The molecule has 2 aromatic heterocycles. The van der Waals surface area contributed by atoms with Gasteiger partial charge in [0.05, 0.1) is 6.42 Å². The molecule has 3 heterocycles. The lowest BCUT2D eigenvalue weighted by molar-refractivity contribution is -0.121. The SMILES string of the molecule is Cc1nonc1CC(=O)NC1CCN(c2nccc(C3CC3)n2)C1. The molecule has 0 aromatic carbocycles. The molecule has 1 aliphatic carbocycles. The summed E-state index contributed by atoms with van der Waals surface area (Å²) in [6, 6.07) is 2.11. The molecule has 1 amide bonds. The first-order chi connectivity index (χ1) is 11.7. The molecule has 126 valence electrons. The molecule has 1 aliphatic heterocycles. The summed E-state index contributed by atoms with van der Waals surface area (Å²) in [4.78, 5) is 23.3. The lowest BCUT2D eigenvalue weighted by Crippen LogP contribution is -2.38. The number of hydrogen-bond acceptors (Lipinski definition) is 7. The van der Waals surface area contributed by atoms with Crippen molar-refractivity contribution in [2.45, 2.75) is 44.6 Å². The summed E-state index contributed by atoms with van der Waals surface area (Å²) in [5.74, 6) is 1.32. The minimum Gasteiger partial charge on any atom is -0.351 e. The second-order valence-electron chi connectivity index (χ2n) is 6.53. The van der Waals surface area contributed by atoms with Gasteiger partial charge in [-0.15, -0.1) is 0 Å². The first-order valence-electron chi connectivity index (χ1n) is 8.34. The highest BCUT2D eigenvalue weighted by Gasteiger charge is 2.29.